The smallest absolute Gasteiger partial charge is 0.410 e. The van der Waals surface area contributed by atoms with Crippen molar-refractivity contribution in [3.05, 3.63) is 101 Å². The van der Waals surface area contributed by atoms with Gasteiger partial charge in [0.2, 0.25) is 5.91 Å². The van der Waals surface area contributed by atoms with Gasteiger partial charge in [-0.25, -0.2) is 22.6 Å². The molecule has 1 unspecified atom stereocenters. The molecule has 2 saturated heterocycles. The van der Waals surface area contributed by atoms with Crippen molar-refractivity contribution < 1.29 is 27.1 Å². The molecule has 3 aliphatic heterocycles. The van der Waals surface area contributed by atoms with Crippen LogP contribution in [-0.4, -0.2) is 62.5 Å². The second-order valence-electron chi connectivity index (χ2n) is 11.8. The molecule has 0 aliphatic carbocycles. The minimum absolute atomic E-state index is 0.0716. The van der Waals surface area contributed by atoms with E-state index < -0.39 is 21.5 Å². The monoisotopic (exact) mass is 661 g/mol. The zero-order chi connectivity index (χ0) is 31.9. The Morgan fingerprint density at radius 2 is 1.80 bits per heavy atom. The number of sulfonamides is 1. The van der Waals surface area contributed by atoms with Crippen molar-refractivity contribution in [1.29, 1.82) is 0 Å². The zero-order valence-electron chi connectivity index (χ0n) is 24.8. The van der Waals surface area contributed by atoms with E-state index in [0.717, 1.165) is 16.8 Å². The summed E-state index contributed by atoms with van der Waals surface area (Å²) in [7, 11) is -3.82. The van der Waals surface area contributed by atoms with Gasteiger partial charge in [-0.1, -0.05) is 30.3 Å². The van der Waals surface area contributed by atoms with E-state index in [1.165, 1.54) is 35.7 Å². The molecule has 10 nitrogen and oxygen atoms in total. The van der Waals surface area contributed by atoms with E-state index in [-0.39, 0.29) is 34.5 Å². The number of nitrogens with one attached hydrogen (secondary N) is 1. The molecule has 2 amide bonds. The lowest BCUT2D eigenvalue weighted by molar-refractivity contribution is -0.118. The third kappa shape index (κ3) is 5.69. The summed E-state index contributed by atoms with van der Waals surface area (Å²) in [4.78, 5) is 36.2. The molecule has 1 N–H and O–H groups in total. The summed E-state index contributed by atoms with van der Waals surface area (Å²) in [5.74, 6) is -0.422. The van der Waals surface area contributed by atoms with E-state index in [0.29, 0.717) is 51.1 Å². The van der Waals surface area contributed by atoms with Crippen molar-refractivity contribution in [3.63, 3.8) is 0 Å². The molecule has 7 rings (SSSR count). The van der Waals surface area contributed by atoms with Crippen LogP contribution in [-0.2, 0) is 31.6 Å². The molecule has 1 atom stereocenters. The number of nitrogens with zero attached hydrogens (tertiary/aromatic N) is 4. The summed E-state index contributed by atoms with van der Waals surface area (Å²) in [5.41, 5.74) is 2.84. The predicted molar refractivity (Wildman–Crippen MR) is 173 cm³/mol. The maximum atomic E-state index is 14.6. The molecule has 2 fully saturated rings. The Morgan fingerprint density at radius 1 is 1.04 bits per heavy atom. The molecule has 3 aliphatic rings. The number of likely N-dealkylation sites (tertiary alicyclic amines) is 1. The van der Waals surface area contributed by atoms with E-state index in [9.17, 15) is 22.4 Å². The number of fused-ring (bicyclic) bond motifs is 2. The number of piperidine rings is 1. The first-order valence-corrected chi connectivity index (χ1v) is 17.4. The lowest BCUT2D eigenvalue weighted by Gasteiger charge is -2.40. The lowest BCUT2D eigenvalue weighted by atomic mass is 9.74. The molecule has 0 bridgehead atoms. The van der Waals surface area contributed by atoms with Crippen LogP contribution in [0.3, 0.4) is 0 Å². The number of benzene rings is 3. The number of hydrogen-bond donors (Lipinski definition) is 1. The van der Waals surface area contributed by atoms with Crippen LogP contribution in [0, 0.1) is 5.82 Å². The molecule has 0 saturated carbocycles. The first kappa shape index (κ1) is 30.2. The van der Waals surface area contributed by atoms with Crippen LogP contribution < -0.4 is 14.5 Å². The highest BCUT2D eigenvalue weighted by Crippen LogP contribution is 2.49. The molecule has 46 heavy (non-hydrogen) atoms. The van der Waals surface area contributed by atoms with Gasteiger partial charge in [-0.05, 0) is 72.9 Å². The summed E-state index contributed by atoms with van der Waals surface area (Å²) >= 11 is 1.18. The maximum absolute atomic E-state index is 14.6. The van der Waals surface area contributed by atoms with Gasteiger partial charge in [0.15, 0.2) is 5.13 Å². The van der Waals surface area contributed by atoms with E-state index in [4.69, 9.17) is 4.74 Å². The van der Waals surface area contributed by atoms with E-state index in [1.807, 2.05) is 30.3 Å². The quantitative estimate of drug-likeness (QED) is 0.283. The number of halogens is 1. The molecule has 238 valence electrons. The summed E-state index contributed by atoms with van der Waals surface area (Å²) in [5, 5.41) is 1.96. The molecular weight excluding hydrogens is 630 g/mol. The highest BCUT2D eigenvalue weighted by molar-refractivity contribution is 7.93. The minimum atomic E-state index is -3.82. The summed E-state index contributed by atoms with van der Waals surface area (Å²) in [6, 6.07) is 20.1. The standard InChI is InChI=1S/C33H32FN5O5S2/c34-24-6-11-28-27(20-24)33(13-17-37(18-14-33)32(41)44-21-23-4-2-1-3-5-23)22-39(28)29-12-16-38(30(29)40)25-7-9-26(10-8-25)46(42,43)36-31-35-15-19-45-31/h1-11,15,19-20,29H,12-14,16-18,21-22H2,(H,35,36). The van der Waals surface area contributed by atoms with Crippen molar-refractivity contribution in [2.24, 2.45) is 0 Å². The predicted octanol–water partition coefficient (Wildman–Crippen LogP) is 5.38. The Kier molecular flexibility index (Phi) is 7.89. The number of rotatable bonds is 7. The van der Waals surface area contributed by atoms with Gasteiger partial charge >= 0.3 is 6.09 Å². The van der Waals surface area contributed by atoms with Crippen molar-refractivity contribution in [2.45, 2.75) is 42.2 Å². The lowest BCUT2D eigenvalue weighted by Crippen LogP contribution is -2.49. The molecule has 1 spiro atoms. The SMILES string of the molecule is O=C(OCc1ccccc1)N1CCC2(CC1)CN(C1CCN(c3ccc(S(=O)(=O)Nc4nccs4)cc3)C1=O)c1ccc(F)cc12. The molecule has 1 aromatic heterocycles. The average Bonchev–Trinajstić information content (AvgIpc) is 3.79. The second-order valence-corrected chi connectivity index (χ2v) is 14.4. The van der Waals surface area contributed by atoms with E-state index in [2.05, 4.69) is 14.6 Å². The number of thiazole rings is 1. The molecule has 4 heterocycles. The molecule has 4 aromatic rings. The summed E-state index contributed by atoms with van der Waals surface area (Å²) < 4.78 is 48.2. The van der Waals surface area contributed by atoms with Crippen LogP contribution in [0.15, 0.2) is 89.3 Å². The van der Waals surface area contributed by atoms with Crippen LogP contribution in [0.2, 0.25) is 0 Å². The number of aromatic nitrogens is 1. The van der Waals surface area contributed by atoms with Gasteiger partial charge < -0.3 is 19.4 Å². The number of anilines is 3. The summed E-state index contributed by atoms with van der Waals surface area (Å²) in [6.45, 7) is 2.14. The van der Waals surface area contributed by atoms with Gasteiger partial charge in [-0.15, -0.1) is 11.3 Å². The number of carbonyl (C=O) groups is 2. The van der Waals surface area contributed by atoms with Gasteiger partial charge in [0.05, 0.1) is 4.90 Å². The average molecular weight is 662 g/mol. The normalized spacial score (nSPS) is 19.0. The Morgan fingerprint density at radius 3 is 2.52 bits per heavy atom. The fourth-order valence-electron chi connectivity index (χ4n) is 6.78. The fraction of sp³-hybridized carbons (Fsp3) is 0.303. The first-order chi connectivity index (χ1) is 22.2. The Labute approximate surface area is 270 Å². The fourth-order valence-corrected chi connectivity index (χ4v) is 8.57. The van der Waals surface area contributed by atoms with Crippen LogP contribution in [0.25, 0.3) is 0 Å². The first-order valence-electron chi connectivity index (χ1n) is 15.1. The third-order valence-corrected chi connectivity index (χ3v) is 11.3. The molecular formula is C33H32FN5O5S2. The Balaban J connectivity index is 1.04. The van der Waals surface area contributed by atoms with Gasteiger partial charge in [0.1, 0.15) is 18.5 Å². The van der Waals surface area contributed by atoms with Crippen LogP contribution in [0.5, 0.6) is 0 Å². The van der Waals surface area contributed by atoms with Gasteiger partial charge in [0, 0.05) is 54.5 Å². The molecule has 0 radical (unpaired) electrons. The van der Waals surface area contributed by atoms with Crippen LogP contribution in [0.1, 0.15) is 30.4 Å². The van der Waals surface area contributed by atoms with Crippen molar-refractivity contribution in [1.82, 2.24) is 9.88 Å². The van der Waals surface area contributed by atoms with E-state index in [1.54, 1.807) is 39.4 Å². The number of hydrogen-bond acceptors (Lipinski definition) is 8. The topological polar surface area (TPSA) is 112 Å². The Bertz CT molecular complexity index is 1850. The van der Waals surface area contributed by atoms with Gasteiger partial charge in [0.25, 0.3) is 10.0 Å². The zero-order valence-corrected chi connectivity index (χ0v) is 26.5. The van der Waals surface area contributed by atoms with E-state index >= 15 is 0 Å². The van der Waals surface area contributed by atoms with Crippen LogP contribution >= 0.6 is 11.3 Å². The maximum Gasteiger partial charge on any atom is 0.410 e. The molecule has 3 aromatic carbocycles. The minimum Gasteiger partial charge on any atom is -0.445 e. The van der Waals surface area contributed by atoms with Crippen molar-refractivity contribution >= 4 is 49.9 Å². The van der Waals surface area contributed by atoms with Crippen LogP contribution in [0.4, 0.5) is 25.7 Å². The Hall–Kier alpha value is -4.49. The highest BCUT2D eigenvalue weighted by Gasteiger charge is 2.50. The van der Waals surface area contributed by atoms with Crippen molar-refractivity contribution in [2.75, 3.05) is 40.7 Å². The van der Waals surface area contributed by atoms with Gasteiger partial charge in [-0.3, -0.25) is 9.52 Å². The molecule has 13 heteroatoms. The number of ether oxygens (including phenoxy) is 1. The number of amides is 2. The second kappa shape index (κ2) is 12.0. The third-order valence-electron chi connectivity index (χ3n) is 9.16. The van der Waals surface area contributed by atoms with Crippen molar-refractivity contribution in [3.8, 4) is 0 Å². The largest absolute Gasteiger partial charge is 0.445 e. The highest BCUT2D eigenvalue weighted by atomic mass is 32.2. The summed E-state index contributed by atoms with van der Waals surface area (Å²) in [6.07, 6.45) is 2.96. The number of carbonyl (C=O) groups excluding carboxylic acids is 2. The van der Waals surface area contributed by atoms with Gasteiger partial charge in [-0.2, -0.15) is 0 Å².